The Bertz CT molecular complexity index is 1620. The van der Waals surface area contributed by atoms with E-state index in [4.69, 9.17) is 9.98 Å². The summed E-state index contributed by atoms with van der Waals surface area (Å²) in [6, 6.07) is 0. The van der Waals surface area contributed by atoms with Gasteiger partial charge in [-0.05, 0) is 132 Å². The first-order chi connectivity index (χ1) is 24.9. The molecule has 0 amide bonds. The molecule has 0 atom stereocenters. The van der Waals surface area contributed by atoms with Gasteiger partial charge in [-0.2, -0.15) is 0 Å². The van der Waals surface area contributed by atoms with Gasteiger partial charge in [0.15, 0.2) is 0 Å². The summed E-state index contributed by atoms with van der Waals surface area (Å²) in [5, 5.41) is 0. The Labute approximate surface area is 324 Å². The molecule has 5 heteroatoms. The highest BCUT2D eigenvalue weighted by Crippen LogP contribution is 2.44. The van der Waals surface area contributed by atoms with Crippen LogP contribution < -0.4 is 0 Å². The molecule has 4 nitrogen and oxygen atoms in total. The van der Waals surface area contributed by atoms with Gasteiger partial charge in [-0.15, -0.1) is 0 Å². The van der Waals surface area contributed by atoms with Crippen LogP contribution in [0.1, 0.15) is 190 Å². The van der Waals surface area contributed by atoms with Crippen LogP contribution in [0.2, 0.25) is 0 Å². The van der Waals surface area contributed by atoms with Crippen molar-refractivity contribution in [2.24, 2.45) is 15.9 Å². The van der Waals surface area contributed by atoms with Crippen LogP contribution in [0.15, 0.2) is 43.7 Å². The van der Waals surface area contributed by atoms with E-state index in [1.54, 1.807) is 0 Å². The lowest BCUT2D eigenvalue weighted by molar-refractivity contribution is 0.614. The number of nitrogens with zero attached hydrogens (tertiary/aromatic N) is 2. The van der Waals surface area contributed by atoms with Crippen molar-refractivity contribution < 1.29 is 0 Å². The molecule has 51 heavy (non-hydrogen) atoms. The van der Waals surface area contributed by atoms with Crippen molar-refractivity contribution in [3.05, 3.63) is 78.7 Å². The van der Waals surface area contributed by atoms with E-state index in [1.807, 2.05) is 0 Å². The molecule has 8 bridgehead atoms. The first-order valence-corrected chi connectivity index (χ1v) is 22.5. The number of alkyl halides is 1. The lowest BCUT2D eigenvalue weighted by Crippen LogP contribution is -2.26. The minimum absolute atomic E-state index is 0.217. The van der Waals surface area contributed by atoms with Gasteiger partial charge < -0.3 is 9.97 Å². The second-order valence-corrected chi connectivity index (χ2v) is 15.8. The number of halogens is 1. The molecule has 2 N–H and O–H groups in total. The van der Waals surface area contributed by atoms with Gasteiger partial charge in [0.2, 0.25) is 0 Å². The molecule has 0 radical (unpaired) electrons. The average Bonchev–Trinajstić information content (AvgIpc) is 3.89. The maximum Gasteiger partial charge on any atom is 0.0689 e. The van der Waals surface area contributed by atoms with Crippen molar-refractivity contribution in [1.82, 2.24) is 9.97 Å². The van der Waals surface area contributed by atoms with E-state index >= 15 is 0 Å². The van der Waals surface area contributed by atoms with Gasteiger partial charge in [-0.1, -0.05) is 117 Å². The molecule has 2 aromatic rings. The first kappa shape index (κ1) is 39.8. The fraction of sp³-hybridized carbons (Fsp3) is 0.609. The van der Waals surface area contributed by atoms with Crippen molar-refractivity contribution in [2.75, 3.05) is 4.43 Å². The molecule has 0 aromatic carbocycles. The van der Waals surface area contributed by atoms with Crippen LogP contribution in [-0.2, 0) is 25.7 Å². The fourth-order valence-electron chi connectivity index (χ4n) is 9.57. The Morgan fingerprint density at radius 3 is 1.31 bits per heavy atom. The molecular weight excluding hydrogens is 735 g/mol. The molecule has 278 valence electrons. The summed E-state index contributed by atoms with van der Waals surface area (Å²) in [5.74, 6) is 0.521. The maximum atomic E-state index is 5.70. The molecule has 2 aromatic heterocycles. The predicted molar refractivity (Wildman–Crippen MR) is 232 cm³/mol. The van der Waals surface area contributed by atoms with Gasteiger partial charge in [0, 0.05) is 34.6 Å². The van der Waals surface area contributed by atoms with Gasteiger partial charge in [-0.3, -0.25) is 9.98 Å². The van der Waals surface area contributed by atoms with E-state index in [-0.39, 0.29) is 5.92 Å². The number of nitrogens with one attached hydrogen (secondary N) is 2. The minimum atomic E-state index is 0.217. The lowest BCUT2D eigenvalue weighted by atomic mass is 9.82. The molecule has 0 saturated carbocycles. The van der Waals surface area contributed by atoms with Crippen molar-refractivity contribution in [1.29, 1.82) is 0 Å². The molecule has 0 saturated heterocycles. The van der Waals surface area contributed by atoms with Gasteiger partial charge in [0.1, 0.15) is 0 Å². The first-order valence-electron chi connectivity index (χ1n) is 21.0. The quantitative estimate of drug-likeness (QED) is 0.0909. The average molecular weight is 803 g/mol. The van der Waals surface area contributed by atoms with Crippen LogP contribution in [0.4, 0.5) is 0 Å². The number of aromatic amines is 2. The number of fused-ring (bicyclic) bond motifs is 6. The van der Waals surface area contributed by atoms with Crippen LogP contribution in [0.5, 0.6) is 0 Å². The van der Waals surface area contributed by atoms with Crippen LogP contribution in [0.25, 0.3) is 12.2 Å². The van der Waals surface area contributed by atoms with E-state index < -0.39 is 0 Å². The summed E-state index contributed by atoms with van der Waals surface area (Å²) >= 11 is 2.55. The highest BCUT2D eigenvalue weighted by molar-refractivity contribution is 14.1. The summed E-state index contributed by atoms with van der Waals surface area (Å²) < 4.78 is 1.20. The highest BCUT2D eigenvalue weighted by Gasteiger charge is 2.36. The molecule has 0 fully saturated rings. The number of rotatable bonds is 17. The zero-order valence-corrected chi connectivity index (χ0v) is 35.8. The minimum Gasteiger partial charge on any atom is -0.358 e. The van der Waals surface area contributed by atoms with E-state index in [2.05, 4.69) is 107 Å². The third-order valence-corrected chi connectivity index (χ3v) is 12.7. The molecule has 5 rings (SSSR count). The summed E-state index contributed by atoms with van der Waals surface area (Å²) in [6.07, 6.45) is 22.8. The maximum absolute atomic E-state index is 5.70. The van der Waals surface area contributed by atoms with Gasteiger partial charge in [0.25, 0.3) is 0 Å². The summed E-state index contributed by atoms with van der Waals surface area (Å²) in [6.45, 7) is 21.1. The number of H-pyrrole nitrogens is 2. The number of hydrogen-bond donors (Lipinski definition) is 2. The second-order valence-electron chi connectivity index (χ2n) is 14.8. The Balaban J connectivity index is 1.89. The summed E-state index contributed by atoms with van der Waals surface area (Å²) in [5.41, 5.74) is 22.2. The Morgan fingerprint density at radius 1 is 0.490 bits per heavy atom. The zero-order valence-electron chi connectivity index (χ0n) is 33.6. The lowest BCUT2D eigenvalue weighted by Gasteiger charge is -2.22. The van der Waals surface area contributed by atoms with Gasteiger partial charge in [-0.25, -0.2) is 0 Å². The normalized spacial score (nSPS) is 18.9. The fourth-order valence-corrected chi connectivity index (χ4v) is 10.1. The van der Waals surface area contributed by atoms with Crippen molar-refractivity contribution in [2.45, 2.75) is 171 Å². The molecule has 0 unspecified atom stereocenters. The largest absolute Gasteiger partial charge is 0.358 e. The third kappa shape index (κ3) is 7.80. The molecule has 0 aliphatic carbocycles. The number of unbranched alkanes of at least 4 members (excludes halogenated alkanes) is 4. The van der Waals surface area contributed by atoms with E-state index in [1.165, 1.54) is 133 Å². The number of aliphatic imine (C=N–C) groups is 2. The Hall–Kier alpha value is -2.41. The molecule has 0 spiro atoms. The van der Waals surface area contributed by atoms with Crippen LogP contribution in [0.3, 0.4) is 0 Å². The Kier molecular flexibility index (Phi) is 14.5. The number of hydrogen-bond acceptors (Lipinski definition) is 2. The summed E-state index contributed by atoms with van der Waals surface area (Å²) in [7, 11) is 0. The topological polar surface area (TPSA) is 56.3 Å². The van der Waals surface area contributed by atoms with Crippen molar-refractivity contribution in [3.63, 3.8) is 0 Å². The van der Waals surface area contributed by atoms with Gasteiger partial charge in [0.05, 0.1) is 22.8 Å². The molecule has 3 aliphatic rings. The monoisotopic (exact) mass is 802 g/mol. The second kappa shape index (κ2) is 18.6. The zero-order chi connectivity index (χ0) is 36.7. The number of allylic oxidation sites excluding steroid dienone is 4. The molecular formula is C46H67IN4. The van der Waals surface area contributed by atoms with Crippen LogP contribution >= 0.6 is 22.6 Å². The highest BCUT2D eigenvalue weighted by atomic mass is 127. The number of aromatic nitrogens is 2. The smallest absolute Gasteiger partial charge is 0.0689 e. The van der Waals surface area contributed by atoms with Crippen molar-refractivity contribution >= 4 is 46.2 Å². The molecule has 5 heterocycles. The van der Waals surface area contributed by atoms with Gasteiger partial charge >= 0.3 is 0 Å². The SMILES string of the molecule is CCCCCCC1C2=NC(=Cc3[nH]c(c(CC)c3CC)C(CCCCI)c3[nH]c(c(CC)c3CC)C=C3N=C1C(CC)=C3CC)C(CC)=C2CC. The third-order valence-electron chi connectivity index (χ3n) is 12.0. The van der Waals surface area contributed by atoms with E-state index in [9.17, 15) is 0 Å². The van der Waals surface area contributed by atoms with Crippen molar-refractivity contribution in [3.8, 4) is 0 Å². The van der Waals surface area contributed by atoms with Crippen LogP contribution in [0, 0.1) is 5.92 Å². The predicted octanol–water partition coefficient (Wildman–Crippen LogP) is 13.8. The van der Waals surface area contributed by atoms with E-state index in [0.717, 1.165) is 64.2 Å². The summed E-state index contributed by atoms with van der Waals surface area (Å²) in [4.78, 5) is 19.7. The molecule has 3 aliphatic heterocycles. The standard InChI is InChI=1S/C46H67IN4/c1-10-19-20-21-24-37-43-33(15-6)29(11-2)39(48-43)27-41-31(13-4)35(17-8)45(50-41)38(25-22-23-26-47)46-36(18-9)32(14-5)42(51-46)28-40-30(12-3)34(16-7)44(37)49-40/h27-28,37-38,50-51H,10-26H2,1-9H3. The Morgan fingerprint density at radius 2 is 0.922 bits per heavy atom. The van der Waals surface area contributed by atoms with Crippen LogP contribution in [-0.4, -0.2) is 25.8 Å². The van der Waals surface area contributed by atoms with E-state index in [0.29, 0.717) is 5.92 Å².